The van der Waals surface area contributed by atoms with Crippen molar-refractivity contribution in [1.29, 1.82) is 0 Å². The zero-order valence-electron chi connectivity index (χ0n) is 11.2. The molecule has 0 saturated carbocycles. The first-order valence-corrected chi connectivity index (χ1v) is 7.23. The van der Waals surface area contributed by atoms with Crippen molar-refractivity contribution in [2.24, 2.45) is 5.10 Å². The number of thiophene rings is 1. The van der Waals surface area contributed by atoms with Crippen LogP contribution in [0.2, 0.25) is 0 Å². The molecule has 20 heavy (non-hydrogen) atoms. The van der Waals surface area contributed by atoms with Crippen molar-refractivity contribution in [1.82, 2.24) is 5.43 Å². The van der Waals surface area contributed by atoms with Crippen molar-refractivity contribution in [2.75, 3.05) is 6.61 Å². The fraction of sp³-hybridized carbons (Fsp3) is 0.200. The predicted molar refractivity (Wildman–Crippen MR) is 81.4 cm³/mol. The number of amides is 1. The van der Waals surface area contributed by atoms with Gasteiger partial charge in [0.25, 0.3) is 5.91 Å². The highest BCUT2D eigenvalue weighted by molar-refractivity contribution is 7.11. The molecule has 0 unspecified atom stereocenters. The van der Waals surface area contributed by atoms with E-state index in [2.05, 4.69) is 10.5 Å². The molecule has 1 amide bonds. The second-order valence-electron chi connectivity index (χ2n) is 4.06. The summed E-state index contributed by atoms with van der Waals surface area (Å²) in [4.78, 5) is 12.6. The first-order valence-electron chi connectivity index (χ1n) is 6.35. The lowest BCUT2D eigenvalue weighted by Gasteiger charge is -2.08. The number of benzene rings is 1. The van der Waals surface area contributed by atoms with Gasteiger partial charge >= 0.3 is 0 Å². The van der Waals surface area contributed by atoms with Crippen LogP contribution in [0.3, 0.4) is 0 Å². The summed E-state index contributed by atoms with van der Waals surface area (Å²) >= 11 is 1.56. The number of nitrogens with one attached hydrogen (secondary N) is 1. The molecule has 1 N–H and O–H groups in total. The normalized spacial score (nSPS) is 10.7. The molecule has 5 heteroatoms. The third-order valence-corrected chi connectivity index (χ3v) is 3.44. The Kier molecular flexibility index (Phi) is 5.32. The van der Waals surface area contributed by atoms with Gasteiger partial charge in [-0.2, -0.15) is 5.10 Å². The van der Waals surface area contributed by atoms with E-state index in [4.69, 9.17) is 4.74 Å². The van der Waals surface area contributed by atoms with Crippen LogP contribution in [-0.4, -0.2) is 18.7 Å². The second-order valence-corrected chi connectivity index (χ2v) is 5.04. The molecule has 0 spiro atoms. The molecule has 0 fully saturated rings. The molecule has 0 saturated heterocycles. The number of hydrazone groups is 1. The lowest BCUT2D eigenvalue weighted by molar-refractivity contribution is -0.123. The Morgan fingerprint density at radius 2 is 2.20 bits per heavy atom. The minimum atomic E-state index is -0.274. The second kappa shape index (κ2) is 7.45. The average Bonchev–Trinajstić information content (AvgIpc) is 2.98. The molecule has 0 aliphatic carbocycles. The highest BCUT2D eigenvalue weighted by Crippen LogP contribution is 2.17. The Hall–Kier alpha value is -2.14. The molecular formula is C15H16N2O2S. The van der Waals surface area contributed by atoms with Gasteiger partial charge < -0.3 is 4.74 Å². The van der Waals surface area contributed by atoms with E-state index in [1.807, 2.05) is 48.7 Å². The van der Waals surface area contributed by atoms with E-state index < -0.39 is 0 Å². The maximum atomic E-state index is 11.6. The number of aryl methyl sites for hydroxylation is 1. The fourth-order valence-corrected chi connectivity index (χ4v) is 2.23. The minimum Gasteiger partial charge on any atom is -0.483 e. The van der Waals surface area contributed by atoms with E-state index in [1.54, 1.807) is 17.6 Å². The van der Waals surface area contributed by atoms with Crippen LogP contribution >= 0.6 is 11.3 Å². The molecule has 1 heterocycles. The third kappa shape index (κ3) is 4.20. The lowest BCUT2D eigenvalue weighted by Crippen LogP contribution is -2.24. The molecular weight excluding hydrogens is 272 g/mol. The summed E-state index contributed by atoms with van der Waals surface area (Å²) < 4.78 is 5.49. The molecule has 2 rings (SSSR count). The summed E-state index contributed by atoms with van der Waals surface area (Å²) in [6, 6.07) is 11.6. The number of para-hydroxylation sites is 1. The molecule has 2 aromatic rings. The molecule has 4 nitrogen and oxygen atoms in total. The standard InChI is InChI=1S/C15H16N2O2S/c1-2-12-6-3-4-8-14(12)19-11-15(18)17-16-10-13-7-5-9-20-13/h3-10H,2,11H2,1H3,(H,17,18)/b16-10-. The van der Waals surface area contributed by atoms with Gasteiger partial charge in [0, 0.05) is 4.88 Å². The van der Waals surface area contributed by atoms with Crippen LogP contribution in [0.4, 0.5) is 0 Å². The van der Waals surface area contributed by atoms with Crippen LogP contribution in [0.1, 0.15) is 17.4 Å². The topological polar surface area (TPSA) is 50.7 Å². The minimum absolute atomic E-state index is 0.0429. The average molecular weight is 288 g/mol. The Bertz CT molecular complexity index is 579. The summed E-state index contributed by atoms with van der Waals surface area (Å²) in [6.07, 6.45) is 2.48. The Balaban J connectivity index is 1.80. The zero-order valence-corrected chi connectivity index (χ0v) is 12.0. The van der Waals surface area contributed by atoms with Gasteiger partial charge in [-0.05, 0) is 29.5 Å². The Labute approximate surface area is 122 Å². The number of rotatable bonds is 6. The van der Waals surface area contributed by atoms with E-state index in [-0.39, 0.29) is 12.5 Å². The maximum absolute atomic E-state index is 11.6. The van der Waals surface area contributed by atoms with Crippen molar-refractivity contribution in [3.05, 3.63) is 52.2 Å². The number of hydrogen-bond donors (Lipinski definition) is 1. The van der Waals surface area contributed by atoms with Gasteiger partial charge in [0.05, 0.1) is 6.21 Å². The van der Waals surface area contributed by atoms with Gasteiger partial charge in [-0.3, -0.25) is 4.79 Å². The molecule has 1 aromatic heterocycles. The van der Waals surface area contributed by atoms with Gasteiger partial charge in [0.2, 0.25) is 0 Å². The number of nitrogens with zero attached hydrogens (tertiary/aromatic N) is 1. The molecule has 0 radical (unpaired) electrons. The van der Waals surface area contributed by atoms with Gasteiger partial charge in [0.1, 0.15) is 5.75 Å². The summed E-state index contributed by atoms with van der Waals surface area (Å²) in [5.41, 5.74) is 3.53. The first-order chi connectivity index (χ1) is 9.79. The van der Waals surface area contributed by atoms with Gasteiger partial charge in [-0.15, -0.1) is 11.3 Å². The van der Waals surface area contributed by atoms with Crippen LogP contribution in [-0.2, 0) is 11.2 Å². The SMILES string of the molecule is CCc1ccccc1OCC(=O)N/N=C\c1cccs1. The van der Waals surface area contributed by atoms with Crippen molar-refractivity contribution in [2.45, 2.75) is 13.3 Å². The Morgan fingerprint density at radius 3 is 2.95 bits per heavy atom. The quantitative estimate of drug-likeness (QED) is 0.656. The summed E-state index contributed by atoms with van der Waals surface area (Å²) in [7, 11) is 0. The van der Waals surface area contributed by atoms with Crippen LogP contribution in [0.15, 0.2) is 46.9 Å². The zero-order chi connectivity index (χ0) is 14.2. The summed E-state index contributed by atoms with van der Waals surface area (Å²) in [5, 5.41) is 5.83. The van der Waals surface area contributed by atoms with Crippen molar-refractivity contribution in [3.63, 3.8) is 0 Å². The summed E-state index contributed by atoms with van der Waals surface area (Å²) in [6.45, 7) is 2.01. The van der Waals surface area contributed by atoms with Crippen LogP contribution in [0, 0.1) is 0 Å². The van der Waals surface area contributed by atoms with Crippen molar-refractivity contribution >= 4 is 23.5 Å². The molecule has 104 valence electrons. The van der Waals surface area contributed by atoms with E-state index in [0.29, 0.717) is 0 Å². The molecule has 0 aliphatic rings. The third-order valence-electron chi connectivity index (χ3n) is 2.64. The Morgan fingerprint density at radius 1 is 1.35 bits per heavy atom. The maximum Gasteiger partial charge on any atom is 0.277 e. The largest absolute Gasteiger partial charge is 0.483 e. The van der Waals surface area contributed by atoms with Gasteiger partial charge in [-0.25, -0.2) is 5.43 Å². The molecule has 0 atom stereocenters. The fourth-order valence-electron chi connectivity index (χ4n) is 1.64. The highest BCUT2D eigenvalue weighted by Gasteiger charge is 2.04. The van der Waals surface area contributed by atoms with E-state index >= 15 is 0 Å². The summed E-state index contributed by atoms with van der Waals surface area (Å²) in [5.74, 6) is 0.469. The van der Waals surface area contributed by atoms with Crippen LogP contribution in [0.5, 0.6) is 5.75 Å². The number of hydrogen-bond acceptors (Lipinski definition) is 4. The van der Waals surface area contributed by atoms with Crippen LogP contribution in [0.25, 0.3) is 0 Å². The van der Waals surface area contributed by atoms with E-state index in [9.17, 15) is 4.79 Å². The molecule has 0 bridgehead atoms. The molecule has 0 aliphatic heterocycles. The van der Waals surface area contributed by atoms with Crippen LogP contribution < -0.4 is 10.2 Å². The van der Waals surface area contributed by atoms with Gasteiger partial charge in [-0.1, -0.05) is 31.2 Å². The van der Waals surface area contributed by atoms with Crippen molar-refractivity contribution in [3.8, 4) is 5.75 Å². The smallest absolute Gasteiger partial charge is 0.277 e. The number of ether oxygens (including phenoxy) is 1. The number of carbonyl (C=O) groups excluding carboxylic acids is 1. The first kappa shape index (κ1) is 14.3. The molecule has 1 aromatic carbocycles. The van der Waals surface area contributed by atoms with E-state index in [1.165, 1.54) is 0 Å². The van der Waals surface area contributed by atoms with E-state index in [0.717, 1.165) is 22.6 Å². The van der Waals surface area contributed by atoms with Crippen molar-refractivity contribution < 1.29 is 9.53 Å². The number of carbonyl (C=O) groups is 1. The predicted octanol–water partition coefficient (Wildman–Crippen LogP) is 2.84. The highest BCUT2D eigenvalue weighted by atomic mass is 32.1. The monoisotopic (exact) mass is 288 g/mol. The lowest BCUT2D eigenvalue weighted by atomic mass is 10.1. The van der Waals surface area contributed by atoms with Gasteiger partial charge in [0.15, 0.2) is 6.61 Å².